The maximum absolute atomic E-state index is 14.1. The first kappa shape index (κ1) is 26.4. The maximum atomic E-state index is 14.1. The number of hydrogen-bond acceptors (Lipinski definition) is 7. The molecule has 5 rings (SSSR count). The van der Waals surface area contributed by atoms with Gasteiger partial charge in [-0.1, -0.05) is 13.8 Å². The molecule has 2 aliphatic heterocycles. The van der Waals surface area contributed by atoms with E-state index in [-0.39, 0.29) is 35.9 Å². The van der Waals surface area contributed by atoms with Crippen molar-refractivity contribution in [3.63, 3.8) is 0 Å². The van der Waals surface area contributed by atoms with E-state index in [9.17, 15) is 9.59 Å². The van der Waals surface area contributed by atoms with E-state index in [1.54, 1.807) is 7.11 Å². The molecule has 2 atom stereocenters. The lowest BCUT2D eigenvalue weighted by Gasteiger charge is -2.40. The number of nitrogens with zero attached hydrogens (tertiary/aromatic N) is 3. The van der Waals surface area contributed by atoms with Crippen LogP contribution >= 0.6 is 0 Å². The Hall–Kier alpha value is -2.23. The average Bonchev–Trinajstić information content (AvgIpc) is 3.74. The second-order valence-corrected chi connectivity index (χ2v) is 11.6. The van der Waals surface area contributed by atoms with Crippen LogP contribution in [-0.4, -0.2) is 97.8 Å². The number of morpholine rings is 1. The Morgan fingerprint density at radius 1 is 1.22 bits per heavy atom. The first-order valence-corrected chi connectivity index (χ1v) is 14.1. The van der Waals surface area contributed by atoms with Crippen molar-refractivity contribution in [2.24, 2.45) is 11.8 Å². The van der Waals surface area contributed by atoms with Gasteiger partial charge < -0.3 is 29.9 Å². The number of carbonyl (C=O) groups is 2. The molecule has 4 aliphatic rings. The smallest absolute Gasteiger partial charge is 0.274 e. The topological polar surface area (TPSA) is 96.0 Å². The van der Waals surface area contributed by atoms with E-state index < -0.39 is 0 Å². The predicted octanol–water partition coefficient (Wildman–Crippen LogP) is 2.48. The van der Waals surface area contributed by atoms with Gasteiger partial charge in [0.15, 0.2) is 5.69 Å². The van der Waals surface area contributed by atoms with Gasteiger partial charge in [0, 0.05) is 58.1 Å². The Morgan fingerprint density at radius 3 is 2.65 bits per heavy atom. The summed E-state index contributed by atoms with van der Waals surface area (Å²) in [4.78, 5) is 36.0. The molecule has 0 bridgehead atoms. The van der Waals surface area contributed by atoms with E-state index in [1.165, 1.54) is 18.4 Å². The highest BCUT2D eigenvalue weighted by atomic mass is 16.5. The molecule has 0 radical (unpaired) electrons. The number of rotatable bonds is 9. The van der Waals surface area contributed by atoms with Gasteiger partial charge in [0.25, 0.3) is 5.91 Å². The molecule has 2 amide bonds. The molecule has 3 heterocycles. The molecule has 0 spiro atoms. The van der Waals surface area contributed by atoms with Crippen molar-refractivity contribution >= 4 is 17.5 Å². The first-order valence-electron chi connectivity index (χ1n) is 14.1. The highest BCUT2D eigenvalue weighted by Crippen LogP contribution is 2.41. The van der Waals surface area contributed by atoms with E-state index in [0.717, 1.165) is 18.5 Å². The van der Waals surface area contributed by atoms with Gasteiger partial charge in [-0.2, -0.15) is 0 Å². The van der Waals surface area contributed by atoms with Gasteiger partial charge >= 0.3 is 0 Å². The van der Waals surface area contributed by atoms with Crippen LogP contribution in [0.3, 0.4) is 0 Å². The fraction of sp³-hybridized carbons (Fsp3) is 0.750. The summed E-state index contributed by atoms with van der Waals surface area (Å²) >= 11 is 0. The molecule has 4 fully saturated rings. The normalized spacial score (nSPS) is 28.1. The van der Waals surface area contributed by atoms with Crippen LogP contribution in [0.4, 0.5) is 5.69 Å². The fourth-order valence-corrected chi connectivity index (χ4v) is 5.81. The second-order valence-electron chi connectivity index (χ2n) is 11.6. The van der Waals surface area contributed by atoms with E-state index in [2.05, 4.69) is 30.5 Å². The summed E-state index contributed by atoms with van der Waals surface area (Å²) in [6, 6.07) is 2.38. The highest BCUT2D eigenvalue weighted by molar-refractivity contribution is 5.98. The molecular formula is C28H43N5O4. The summed E-state index contributed by atoms with van der Waals surface area (Å²) in [7, 11) is 1.75. The van der Waals surface area contributed by atoms with Crippen molar-refractivity contribution in [1.82, 2.24) is 20.1 Å². The van der Waals surface area contributed by atoms with Crippen molar-refractivity contribution in [3.8, 4) is 0 Å². The number of hydrogen-bond donors (Lipinski definition) is 2. The summed E-state index contributed by atoms with van der Waals surface area (Å²) in [5.41, 5.74) is 2.55. The van der Waals surface area contributed by atoms with Gasteiger partial charge in [0.05, 0.1) is 30.9 Å². The number of methoxy groups -OCH3 is 1. The van der Waals surface area contributed by atoms with Crippen LogP contribution in [-0.2, 0) is 14.3 Å². The molecule has 1 aromatic heterocycles. The lowest BCUT2D eigenvalue weighted by molar-refractivity contribution is -0.140. The van der Waals surface area contributed by atoms with E-state index >= 15 is 0 Å². The molecule has 2 saturated carbocycles. The van der Waals surface area contributed by atoms with Gasteiger partial charge in [0.2, 0.25) is 5.91 Å². The van der Waals surface area contributed by atoms with Crippen LogP contribution in [0.2, 0.25) is 0 Å². The quantitative estimate of drug-likeness (QED) is 0.524. The SMILES string of the molecule is COC1CC(Nc2cc(C3CC3)cnc2C(=O)N(CC(C)C)C2CNCC(C(=O)N3CCOCC3)C2)C1. The molecule has 37 heavy (non-hydrogen) atoms. The summed E-state index contributed by atoms with van der Waals surface area (Å²) in [5, 5.41) is 7.07. The molecular weight excluding hydrogens is 470 g/mol. The van der Waals surface area contributed by atoms with Gasteiger partial charge in [-0.3, -0.25) is 9.59 Å². The molecule has 0 aromatic carbocycles. The Bertz CT molecular complexity index is 956. The number of aromatic nitrogens is 1. The minimum absolute atomic E-state index is 0.0487. The summed E-state index contributed by atoms with van der Waals surface area (Å²) < 4.78 is 10.9. The van der Waals surface area contributed by atoms with Crippen LogP contribution in [0.5, 0.6) is 0 Å². The molecule has 2 saturated heterocycles. The minimum Gasteiger partial charge on any atom is -0.381 e. The van der Waals surface area contributed by atoms with Gasteiger partial charge in [-0.15, -0.1) is 0 Å². The van der Waals surface area contributed by atoms with Crippen LogP contribution in [0.1, 0.15) is 67.9 Å². The largest absolute Gasteiger partial charge is 0.381 e. The Labute approximate surface area is 220 Å². The van der Waals surface area contributed by atoms with Gasteiger partial charge in [-0.25, -0.2) is 4.98 Å². The van der Waals surface area contributed by atoms with Crippen molar-refractivity contribution in [2.45, 2.75) is 70.1 Å². The molecule has 1 aromatic rings. The van der Waals surface area contributed by atoms with Crippen LogP contribution in [0, 0.1) is 11.8 Å². The van der Waals surface area contributed by atoms with Crippen LogP contribution < -0.4 is 10.6 Å². The van der Waals surface area contributed by atoms with E-state index in [1.807, 2.05) is 16.0 Å². The summed E-state index contributed by atoms with van der Waals surface area (Å²) in [6.45, 7) is 8.72. The third-order valence-corrected chi connectivity index (χ3v) is 8.21. The van der Waals surface area contributed by atoms with E-state index in [4.69, 9.17) is 14.5 Å². The van der Waals surface area contributed by atoms with Crippen LogP contribution in [0.25, 0.3) is 0 Å². The number of piperidine rings is 1. The predicted molar refractivity (Wildman–Crippen MR) is 142 cm³/mol. The average molecular weight is 514 g/mol. The molecule has 9 nitrogen and oxygen atoms in total. The number of ether oxygens (including phenoxy) is 2. The number of amides is 2. The lowest BCUT2D eigenvalue weighted by Crippen LogP contribution is -2.56. The van der Waals surface area contributed by atoms with E-state index in [0.29, 0.717) is 69.9 Å². The first-order chi connectivity index (χ1) is 17.9. The monoisotopic (exact) mass is 513 g/mol. The third-order valence-electron chi connectivity index (χ3n) is 8.21. The number of carbonyl (C=O) groups excluding carboxylic acids is 2. The highest BCUT2D eigenvalue weighted by Gasteiger charge is 2.37. The molecule has 204 valence electrons. The standard InChI is InChI=1S/C28H43N5O4/c1-18(2)17-33(23-10-21(14-29-16-23)27(34)32-6-8-37-9-7-32)28(35)26-25(31-22-12-24(13-22)36-3)11-20(15-30-26)19-4-5-19/h11,15,18-19,21-24,29,31H,4-10,12-14,16-17H2,1-3H3. The summed E-state index contributed by atoms with van der Waals surface area (Å²) in [5.74, 6) is 0.849. The minimum atomic E-state index is -0.136. The summed E-state index contributed by atoms with van der Waals surface area (Å²) in [6.07, 6.45) is 7.10. The van der Waals surface area contributed by atoms with Crippen LogP contribution in [0.15, 0.2) is 12.3 Å². The molecule has 2 N–H and O–H groups in total. The number of pyridine rings is 1. The molecule has 9 heteroatoms. The zero-order chi connectivity index (χ0) is 25.9. The van der Waals surface area contributed by atoms with Crippen molar-refractivity contribution in [3.05, 3.63) is 23.5 Å². The molecule has 2 unspecified atom stereocenters. The lowest BCUT2D eigenvalue weighted by atomic mass is 9.89. The zero-order valence-corrected chi connectivity index (χ0v) is 22.6. The maximum Gasteiger partial charge on any atom is 0.274 e. The third kappa shape index (κ3) is 6.26. The van der Waals surface area contributed by atoms with Crippen molar-refractivity contribution in [2.75, 3.05) is 58.4 Å². The van der Waals surface area contributed by atoms with Crippen molar-refractivity contribution < 1.29 is 19.1 Å². The molecule has 2 aliphatic carbocycles. The second kappa shape index (κ2) is 11.7. The Kier molecular flexibility index (Phi) is 8.31. The van der Waals surface area contributed by atoms with Crippen molar-refractivity contribution in [1.29, 1.82) is 0 Å². The number of anilines is 1. The fourth-order valence-electron chi connectivity index (χ4n) is 5.81. The Morgan fingerprint density at radius 2 is 1.97 bits per heavy atom. The van der Waals surface area contributed by atoms with Gasteiger partial charge in [0.1, 0.15) is 0 Å². The number of nitrogens with one attached hydrogen (secondary N) is 2. The Balaban J connectivity index is 1.35. The van der Waals surface area contributed by atoms with Gasteiger partial charge in [-0.05, 0) is 55.6 Å². The zero-order valence-electron chi connectivity index (χ0n) is 22.6.